The smallest absolute Gasteiger partial charge is 0.352 e. The second kappa shape index (κ2) is 8.74. The first-order chi connectivity index (χ1) is 17.5. The molecule has 2 aliphatic heterocycles. The van der Waals surface area contributed by atoms with Gasteiger partial charge in [0.1, 0.15) is 23.1 Å². The molecule has 5 rings (SSSR count). The highest BCUT2D eigenvalue weighted by molar-refractivity contribution is 5.94. The summed E-state index contributed by atoms with van der Waals surface area (Å²) in [5.74, 6) is 0.288. The van der Waals surface area contributed by atoms with E-state index in [0.29, 0.717) is 28.3 Å². The van der Waals surface area contributed by atoms with E-state index in [9.17, 15) is 19.2 Å². The van der Waals surface area contributed by atoms with Crippen molar-refractivity contribution in [2.75, 3.05) is 20.6 Å². The number of likely N-dealkylation sites (N-methyl/N-ethyl adjacent to an activating group) is 1. The van der Waals surface area contributed by atoms with E-state index in [1.165, 1.54) is 16.3 Å². The Morgan fingerprint density at radius 1 is 1.08 bits per heavy atom. The lowest BCUT2D eigenvalue weighted by atomic mass is 9.83. The van der Waals surface area contributed by atoms with Crippen LogP contribution in [0.25, 0.3) is 5.69 Å². The van der Waals surface area contributed by atoms with Gasteiger partial charge in [-0.25, -0.2) is 23.5 Å². The van der Waals surface area contributed by atoms with Crippen LogP contribution in [0, 0.1) is 0 Å². The standard InChI is InChI=1S/C27H28N4O6/c1-16(32)17-6-8-18(9-7-17)30-25(34)29-13-12-21-24(31(29)26(30)35)20-11-10-19(36-23(33)15-28(4)5)14-22(20)37-27(21,2)3/h6-12,14,24H,13,15H2,1-5H3. The number of hydrogen-bond acceptors (Lipinski definition) is 7. The minimum Gasteiger partial charge on any atom is -0.483 e. The summed E-state index contributed by atoms with van der Waals surface area (Å²) in [5, 5.41) is 0. The number of carbonyl (C=O) groups excluding carboxylic acids is 2. The van der Waals surface area contributed by atoms with Crippen molar-refractivity contribution in [1.29, 1.82) is 0 Å². The first-order valence-electron chi connectivity index (χ1n) is 11.9. The molecule has 2 aliphatic rings. The van der Waals surface area contributed by atoms with Gasteiger partial charge in [0.2, 0.25) is 0 Å². The predicted octanol–water partition coefficient (Wildman–Crippen LogP) is 2.17. The van der Waals surface area contributed by atoms with E-state index in [1.54, 1.807) is 61.5 Å². The average molecular weight is 505 g/mol. The zero-order chi connectivity index (χ0) is 26.6. The Labute approximate surface area is 212 Å². The zero-order valence-electron chi connectivity index (χ0n) is 21.3. The van der Waals surface area contributed by atoms with E-state index in [1.807, 2.05) is 19.9 Å². The normalized spacial score (nSPS) is 17.2. The summed E-state index contributed by atoms with van der Waals surface area (Å²) < 4.78 is 15.7. The SMILES string of the molecule is CC(=O)c1ccc(-n2c(=O)n3n(c2=O)C2C(=CC3)C(C)(C)Oc3cc(OC(=O)CN(C)C)ccc32)cc1. The quantitative estimate of drug-likeness (QED) is 0.227. The molecular formula is C27H28N4O6. The number of benzene rings is 2. The van der Waals surface area contributed by atoms with Crippen LogP contribution in [0.4, 0.5) is 0 Å². The molecule has 0 saturated heterocycles. The molecule has 3 heterocycles. The highest BCUT2D eigenvalue weighted by Gasteiger charge is 2.44. The maximum Gasteiger partial charge on any atom is 0.352 e. The number of nitrogens with zero attached hydrogens (tertiary/aromatic N) is 4. The molecule has 2 aromatic carbocycles. The molecule has 1 aromatic heterocycles. The molecule has 192 valence electrons. The zero-order valence-corrected chi connectivity index (χ0v) is 21.3. The lowest BCUT2D eigenvalue weighted by Gasteiger charge is -2.42. The van der Waals surface area contributed by atoms with Crippen LogP contribution in [0.2, 0.25) is 0 Å². The summed E-state index contributed by atoms with van der Waals surface area (Å²) in [6.45, 7) is 5.59. The molecule has 0 N–H and O–H groups in total. The number of esters is 1. The predicted molar refractivity (Wildman–Crippen MR) is 136 cm³/mol. The molecule has 10 nitrogen and oxygen atoms in total. The van der Waals surface area contributed by atoms with Crippen LogP contribution < -0.4 is 20.9 Å². The van der Waals surface area contributed by atoms with Crippen LogP contribution >= 0.6 is 0 Å². The molecule has 1 atom stereocenters. The summed E-state index contributed by atoms with van der Waals surface area (Å²) in [6.07, 6.45) is 1.92. The van der Waals surface area contributed by atoms with E-state index < -0.39 is 29.0 Å². The fourth-order valence-electron chi connectivity index (χ4n) is 4.93. The molecule has 0 bridgehead atoms. The van der Waals surface area contributed by atoms with Gasteiger partial charge < -0.3 is 9.47 Å². The second-order valence-electron chi connectivity index (χ2n) is 10.0. The van der Waals surface area contributed by atoms with Crippen LogP contribution in [0.3, 0.4) is 0 Å². The van der Waals surface area contributed by atoms with Gasteiger partial charge in [0.05, 0.1) is 18.8 Å². The maximum atomic E-state index is 13.7. The molecular weight excluding hydrogens is 476 g/mol. The molecule has 0 fully saturated rings. The Balaban J connectivity index is 1.61. The van der Waals surface area contributed by atoms with Crippen molar-refractivity contribution in [1.82, 2.24) is 18.8 Å². The number of allylic oxidation sites excluding steroid dienone is 1. The topological polar surface area (TPSA) is 105 Å². The van der Waals surface area contributed by atoms with Gasteiger partial charge in [0, 0.05) is 17.2 Å². The molecule has 0 amide bonds. The fourth-order valence-corrected chi connectivity index (χ4v) is 4.93. The monoisotopic (exact) mass is 504 g/mol. The highest BCUT2D eigenvalue weighted by atomic mass is 16.5. The van der Waals surface area contributed by atoms with Crippen molar-refractivity contribution in [3.05, 3.63) is 86.2 Å². The number of Topliss-reactive ketones (excluding diaryl/α,β-unsaturated/α-hetero) is 1. The summed E-state index contributed by atoms with van der Waals surface area (Å²) in [7, 11) is 3.55. The Hall–Kier alpha value is -4.18. The highest BCUT2D eigenvalue weighted by Crippen LogP contribution is 2.47. The van der Waals surface area contributed by atoms with Crippen molar-refractivity contribution < 1.29 is 19.1 Å². The summed E-state index contributed by atoms with van der Waals surface area (Å²) in [5.41, 5.74) is 0.645. The molecule has 0 radical (unpaired) electrons. The van der Waals surface area contributed by atoms with Crippen molar-refractivity contribution in [3.8, 4) is 17.2 Å². The van der Waals surface area contributed by atoms with Crippen LogP contribution in [-0.2, 0) is 11.3 Å². The van der Waals surface area contributed by atoms with Crippen LogP contribution in [0.5, 0.6) is 11.5 Å². The van der Waals surface area contributed by atoms with Crippen LogP contribution in [0.15, 0.2) is 63.7 Å². The van der Waals surface area contributed by atoms with Gasteiger partial charge in [0.25, 0.3) is 0 Å². The van der Waals surface area contributed by atoms with Gasteiger partial charge in [-0.3, -0.25) is 14.5 Å². The fraction of sp³-hybridized carbons (Fsp3) is 0.333. The summed E-state index contributed by atoms with van der Waals surface area (Å²) >= 11 is 0. The van der Waals surface area contributed by atoms with Crippen molar-refractivity contribution >= 4 is 11.8 Å². The van der Waals surface area contributed by atoms with Crippen molar-refractivity contribution in [2.45, 2.75) is 39.0 Å². The first-order valence-corrected chi connectivity index (χ1v) is 11.9. The Kier molecular flexibility index (Phi) is 5.79. The molecule has 3 aromatic rings. The Bertz CT molecular complexity index is 1570. The van der Waals surface area contributed by atoms with Gasteiger partial charge in [-0.05, 0) is 76.8 Å². The van der Waals surface area contributed by atoms with E-state index in [-0.39, 0.29) is 18.9 Å². The molecule has 1 unspecified atom stereocenters. The Morgan fingerprint density at radius 2 is 1.78 bits per heavy atom. The largest absolute Gasteiger partial charge is 0.483 e. The number of ether oxygens (including phenoxy) is 2. The third-order valence-corrected chi connectivity index (χ3v) is 6.63. The van der Waals surface area contributed by atoms with Gasteiger partial charge >= 0.3 is 17.3 Å². The van der Waals surface area contributed by atoms with E-state index in [2.05, 4.69) is 0 Å². The van der Waals surface area contributed by atoms with Gasteiger partial charge in [-0.1, -0.05) is 6.08 Å². The first kappa shape index (κ1) is 24.5. The van der Waals surface area contributed by atoms with E-state index in [0.717, 1.165) is 10.1 Å². The lowest BCUT2D eigenvalue weighted by Crippen LogP contribution is -2.46. The molecule has 0 saturated carbocycles. The third kappa shape index (κ3) is 4.13. The minimum absolute atomic E-state index is 0.103. The second-order valence-corrected chi connectivity index (χ2v) is 10.0. The van der Waals surface area contributed by atoms with Crippen LogP contribution in [-0.4, -0.2) is 56.8 Å². The van der Waals surface area contributed by atoms with Gasteiger partial charge in [-0.15, -0.1) is 0 Å². The molecule has 0 aliphatic carbocycles. The number of hydrogen-bond donors (Lipinski definition) is 0. The van der Waals surface area contributed by atoms with Gasteiger partial charge in [-0.2, -0.15) is 0 Å². The van der Waals surface area contributed by atoms with Crippen molar-refractivity contribution in [3.63, 3.8) is 0 Å². The number of ketones is 1. The molecule has 10 heteroatoms. The molecule has 37 heavy (non-hydrogen) atoms. The summed E-state index contributed by atoms with van der Waals surface area (Å²) in [6, 6.07) is 10.9. The Morgan fingerprint density at radius 3 is 2.43 bits per heavy atom. The van der Waals surface area contributed by atoms with E-state index >= 15 is 0 Å². The van der Waals surface area contributed by atoms with Gasteiger partial charge in [0.15, 0.2) is 5.78 Å². The third-order valence-electron chi connectivity index (χ3n) is 6.63. The van der Waals surface area contributed by atoms with Crippen molar-refractivity contribution in [2.24, 2.45) is 0 Å². The van der Waals surface area contributed by atoms with E-state index in [4.69, 9.17) is 9.47 Å². The maximum absolute atomic E-state index is 13.7. The molecule has 0 spiro atoms. The summed E-state index contributed by atoms with van der Waals surface area (Å²) in [4.78, 5) is 52.7. The number of fused-ring (bicyclic) bond motifs is 5. The lowest BCUT2D eigenvalue weighted by molar-refractivity contribution is -0.135. The average Bonchev–Trinajstić information content (AvgIpc) is 3.08. The number of rotatable bonds is 5. The van der Waals surface area contributed by atoms with Crippen LogP contribution in [0.1, 0.15) is 42.7 Å². The number of carbonyl (C=O) groups is 2. The minimum atomic E-state index is -0.782. The number of aromatic nitrogens is 3.